The van der Waals surface area contributed by atoms with Gasteiger partial charge in [-0.1, -0.05) is 0 Å². The molecular formula is C12H12F2N2O2S. The minimum Gasteiger partial charge on any atom is -0.276 e. The topological polar surface area (TPSA) is 52.0 Å². The molecular weight excluding hydrogens is 274 g/mol. The molecule has 0 N–H and O–H groups in total. The summed E-state index contributed by atoms with van der Waals surface area (Å²) in [5.74, 6) is -2.01. The number of aryl methyl sites for hydroxylation is 2. The summed E-state index contributed by atoms with van der Waals surface area (Å²) in [5.41, 5.74) is 0.725. The first-order valence-electron chi connectivity index (χ1n) is 5.54. The average Bonchev–Trinajstić information content (AvgIpc) is 2.76. The van der Waals surface area contributed by atoms with Gasteiger partial charge in [-0.05, 0) is 30.2 Å². The Morgan fingerprint density at radius 3 is 2.68 bits per heavy atom. The highest BCUT2D eigenvalue weighted by Crippen LogP contribution is 2.18. The van der Waals surface area contributed by atoms with Gasteiger partial charge in [0.1, 0.15) is 16.5 Å². The summed E-state index contributed by atoms with van der Waals surface area (Å²) < 4.78 is 51.9. The second-order valence-corrected chi connectivity index (χ2v) is 6.24. The number of aromatic nitrogens is 2. The van der Waals surface area contributed by atoms with Crippen molar-refractivity contribution in [1.29, 1.82) is 0 Å². The average molecular weight is 286 g/mol. The fourth-order valence-electron chi connectivity index (χ4n) is 1.68. The van der Waals surface area contributed by atoms with Crippen LogP contribution in [-0.4, -0.2) is 24.0 Å². The van der Waals surface area contributed by atoms with Crippen LogP contribution in [0.15, 0.2) is 35.5 Å². The van der Waals surface area contributed by atoms with Crippen LogP contribution in [0.25, 0.3) is 0 Å². The standard InChI is InChI=1S/C12H12F2N2O2S/c1-16-8-9(7-15-16)4-5-19(17,18)12-6-10(13)2-3-11(12)14/h2-3,6-8H,4-5H2,1H3. The molecule has 0 spiro atoms. The van der Waals surface area contributed by atoms with Crippen molar-refractivity contribution in [2.24, 2.45) is 7.05 Å². The predicted molar refractivity (Wildman–Crippen MR) is 65.3 cm³/mol. The number of hydrogen-bond acceptors (Lipinski definition) is 3. The van der Waals surface area contributed by atoms with Crippen molar-refractivity contribution in [3.05, 3.63) is 47.8 Å². The molecule has 2 aromatic rings. The fourth-order valence-corrected chi connectivity index (χ4v) is 3.06. The number of rotatable bonds is 4. The predicted octanol–water partition coefficient (Wildman–Crippen LogP) is 1.71. The monoisotopic (exact) mass is 286 g/mol. The van der Waals surface area contributed by atoms with Crippen molar-refractivity contribution in [2.75, 3.05) is 5.75 Å². The lowest BCUT2D eigenvalue weighted by Gasteiger charge is -2.05. The Hall–Kier alpha value is -1.76. The molecule has 0 amide bonds. The maximum atomic E-state index is 13.4. The molecule has 0 bridgehead atoms. The fraction of sp³-hybridized carbons (Fsp3) is 0.250. The maximum absolute atomic E-state index is 13.4. The van der Waals surface area contributed by atoms with E-state index in [1.54, 1.807) is 17.9 Å². The molecule has 0 saturated carbocycles. The molecule has 1 aromatic carbocycles. The van der Waals surface area contributed by atoms with Crippen molar-refractivity contribution >= 4 is 9.84 Å². The van der Waals surface area contributed by atoms with E-state index < -0.39 is 26.4 Å². The van der Waals surface area contributed by atoms with E-state index in [0.29, 0.717) is 6.07 Å². The first kappa shape index (κ1) is 13.7. The lowest BCUT2D eigenvalue weighted by atomic mass is 10.3. The molecule has 0 fully saturated rings. The number of halogens is 2. The summed E-state index contributed by atoms with van der Waals surface area (Å²) in [6.07, 6.45) is 3.42. The van der Waals surface area contributed by atoms with Gasteiger partial charge < -0.3 is 0 Å². The largest absolute Gasteiger partial charge is 0.276 e. The Kier molecular flexibility index (Phi) is 3.66. The minimum absolute atomic E-state index is 0.201. The zero-order valence-corrected chi connectivity index (χ0v) is 11.0. The Bertz CT molecular complexity index is 696. The minimum atomic E-state index is -3.85. The Balaban J connectivity index is 2.20. The van der Waals surface area contributed by atoms with Crippen LogP contribution in [0.4, 0.5) is 8.78 Å². The van der Waals surface area contributed by atoms with Crippen LogP contribution in [0.3, 0.4) is 0 Å². The summed E-state index contributed by atoms with van der Waals surface area (Å²) >= 11 is 0. The zero-order valence-electron chi connectivity index (χ0n) is 10.2. The van der Waals surface area contributed by atoms with Crippen molar-refractivity contribution in [2.45, 2.75) is 11.3 Å². The lowest BCUT2D eigenvalue weighted by molar-refractivity contribution is 0.553. The van der Waals surface area contributed by atoms with E-state index in [2.05, 4.69) is 5.10 Å². The molecule has 1 heterocycles. The van der Waals surface area contributed by atoms with Gasteiger partial charge in [0.15, 0.2) is 9.84 Å². The molecule has 1 aromatic heterocycles. The van der Waals surface area contributed by atoms with E-state index in [-0.39, 0.29) is 12.2 Å². The van der Waals surface area contributed by atoms with E-state index in [4.69, 9.17) is 0 Å². The normalized spacial score (nSPS) is 11.7. The summed E-state index contributed by atoms with van der Waals surface area (Å²) in [6.45, 7) is 0. The molecule has 0 aliphatic carbocycles. The van der Waals surface area contributed by atoms with Gasteiger partial charge >= 0.3 is 0 Å². The van der Waals surface area contributed by atoms with Crippen molar-refractivity contribution < 1.29 is 17.2 Å². The van der Waals surface area contributed by atoms with Gasteiger partial charge in [-0.3, -0.25) is 4.68 Å². The molecule has 19 heavy (non-hydrogen) atoms. The van der Waals surface area contributed by atoms with Crippen molar-refractivity contribution in [1.82, 2.24) is 9.78 Å². The maximum Gasteiger partial charge on any atom is 0.181 e. The summed E-state index contributed by atoms with van der Waals surface area (Å²) in [4.78, 5) is -0.601. The van der Waals surface area contributed by atoms with Gasteiger partial charge in [-0.15, -0.1) is 0 Å². The Morgan fingerprint density at radius 1 is 1.32 bits per heavy atom. The third kappa shape index (κ3) is 3.17. The van der Waals surface area contributed by atoms with Crippen LogP contribution in [0.2, 0.25) is 0 Å². The first-order valence-corrected chi connectivity index (χ1v) is 7.19. The van der Waals surface area contributed by atoms with Gasteiger partial charge in [-0.25, -0.2) is 17.2 Å². The SMILES string of the molecule is Cn1cc(CCS(=O)(=O)c2cc(F)ccc2F)cn1. The Labute approximate surface area is 109 Å². The molecule has 7 heteroatoms. The van der Waals surface area contributed by atoms with Crippen LogP contribution < -0.4 is 0 Å². The van der Waals surface area contributed by atoms with E-state index in [9.17, 15) is 17.2 Å². The van der Waals surface area contributed by atoms with Crippen molar-refractivity contribution in [3.8, 4) is 0 Å². The molecule has 0 saturated heterocycles. The smallest absolute Gasteiger partial charge is 0.181 e. The van der Waals surface area contributed by atoms with Crippen LogP contribution in [0.5, 0.6) is 0 Å². The number of hydrogen-bond donors (Lipinski definition) is 0. The van der Waals surface area contributed by atoms with Crippen LogP contribution in [0, 0.1) is 11.6 Å². The second kappa shape index (κ2) is 5.08. The van der Waals surface area contributed by atoms with Crippen LogP contribution in [0.1, 0.15) is 5.56 Å². The molecule has 0 unspecified atom stereocenters. The van der Waals surface area contributed by atoms with Gasteiger partial charge in [0, 0.05) is 13.2 Å². The molecule has 4 nitrogen and oxygen atoms in total. The molecule has 102 valence electrons. The van der Waals surface area contributed by atoms with Crippen molar-refractivity contribution in [3.63, 3.8) is 0 Å². The van der Waals surface area contributed by atoms with Gasteiger partial charge in [0.2, 0.25) is 0 Å². The Morgan fingerprint density at radius 2 is 2.05 bits per heavy atom. The third-order valence-corrected chi connectivity index (χ3v) is 4.37. The third-order valence-electron chi connectivity index (χ3n) is 2.65. The number of nitrogens with zero attached hydrogens (tertiary/aromatic N) is 2. The van der Waals surface area contributed by atoms with E-state index >= 15 is 0 Å². The molecule has 2 rings (SSSR count). The quantitative estimate of drug-likeness (QED) is 0.860. The molecule has 0 radical (unpaired) electrons. The van der Waals surface area contributed by atoms with E-state index in [1.807, 2.05) is 0 Å². The van der Waals surface area contributed by atoms with Crippen LogP contribution in [-0.2, 0) is 23.3 Å². The molecule has 0 aliphatic heterocycles. The van der Waals surface area contributed by atoms with Gasteiger partial charge in [0.25, 0.3) is 0 Å². The lowest BCUT2D eigenvalue weighted by Crippen LogP contribution is -2.11. The van der Waals surface area contributed by atoms with Crippen LogP contribution >= 0.6 is 0 Å². The van der Waals surface area contributed by atoms with E-state index in [0.717, 1.165) is 17.7 Å². The number of benzene rings is 1. The summed E-state index contributed by atoms with van der Waals surface area (Å²) in [7, 11) is -2.14. The second-order valence-electron chi connectivity index (χ2n) is 4.17. The highest BCUT2D eigenvalue weighted by atomic mass is 32.2. The number of sulfone groups is 1. The van der Waals surface area contributed by atoms with Gasteiger partial charge in [0.05, 0.1) is 11.9 Å². The summed E-state index contributed by atoms with van der Waals surface area (Å²) in [6, 6.07) is 2.40. The highest BCUT2D eigenvalue weighted by Gasteiger charge is 2.20. The zero-order chi connectivity index (χ0) is 14.0. The van der Waals surface area contributed by atoms with E-state index in [1.165, 1.54) is 6.20 Å². The molecule has 0 aliphatic rings. The summed E-state index contributed by atoms with van der Waals surface area (Å²) in [5, 5.41) is 3.91. The van der Waals surface area contributed by atoms with Gasteiger partial charge in [-0.2, -0.15) is 5.10 Å². The highest BCUT2D eigenvalue weighted by molar-refractivity contribution is 7.91. The molecule has 0 atom stereocenters. The first-order chi connectivity index (χ1) is 8.88.